The second kappa shape index (κ2) is 9.47. The third-order valence-electron chi connectivity index (χ3n) is 4.85. The number of carboxylic acids is 1. The minimum atomic E-state index is -6.30. The van der Waals surface area contributed by atoms with Crippen LogP contribution in [0.25, 0.3) is 0 Å². The Hall–Kier alpha value is -3.38. The smallest absolute Gasteiger partial charge is 0.435 e. The Balaban J connectivity index is 2.39. The number of carbonyl (C=O) groups excluding carboxylic acids is 1. The van der Waals surface area contributed by atoms with Crippen molar-refractivity contribution in [3.63, 3.8) is 0 Å². The summed E-state index contributed by atoms with van der Waals surface area (Å²) in [6.45, 7) is 1.96. The predicted molar refractivity (Wildman–Crippen MR) is 106 cm³/mol. The fourth-order valence-corrected chi connectivity index (χ4v) is 3.18. The van der Waals surface area contributed by atoms with Crippen LogP contribution in [0.15, 0.2) is 30.3 Å². The lowest BCUT2D eigenvalue weighted by molar-refractivity contribution is -0.348. The summed E-state index contributed by atoms with van der Waals surface area (Å²) in [6, 6.07) is 4.18. The molecule has 0 saturated heterocycles. The van der Waals surface area contributed by atoms with Gasteiger partial charge in [-0.2, -0.15) is 26.3 Å². The molecule has 0 unspecified atom stereocenters. The van der Waals surface area contributed by atoms with E-state index in [4.69, 9.17) is 5.11 Å². The number of rotatable bonds is 7. The van der Waals surface area contributed by atoms with Gasteiger partial charge in [-0.25, -0.2) is 8.78 Å². The fraction of sp³-hybridized carbons (Fsp3) is 0.333. The average molecular weight is 498 g/mol. The number of nitrogens with one attached hydrogen (secondary N) is 2. The number of anilines is 2. The van der Waals surface area contributed by atoms with E-state index in [1.54, 1.807) is 0 Å². The first-order valence-electron chi connectivity index (χ1n) is 9.50. The maximum absolute atomic E-state index is 14.7. The molecule has 0 saturated carbocycles. The van der Waals surface area contributed by atoms with E-state index in [0.29, 0.717) is 12.1 Å². The third kappa shape index (κ3) is 5.23. The SMILES string of the molecule is Cc1cc(C(F)(C(F)(F)F)C(F)(F)F)cc(C)c1NC(=O)c1cccc(NCCC(=O)O)c1F. The van der Waals surface area contributed by atoms with Gasteiger partial charge in [-0.1, -0.05) is 18.2 Å². The van der Waals surface area contributed by atoms with E-state index in [1.165, 1.54) is 12.1 Å². The monoisotopic (exact) mass is 498 g/mol. The van der Waals surface area contributed by atoms with Gasteiger partial charge in [-0.15, -0.1) is 0 Å². The van der Waals surface area contributed by atoms with Crippen molar-refractivity contribution in [2.75, 3.05) is 17.2 Å². The average Bonchev–Trinajstić information content (AvgIpc) is 2.69. The van der Waals surface area contributed by atoms with Crippen molar-refractivity contribution in [2.45, 2.75) is 38.3 Å². The molecule has 0 bridgehead atoms. The molecule has 34 heavy (non-hydrogen) atoms. The molecule has 0 fully saturated rings. The van der Waals surface area contributed by atoms with E-state index in [-0.39, 0.29) is 35.5 Å². The molecule has 0 atom stereocenters. The molecule has 1 amide bonds. The van der Waals surface area contributed by atoms with Gasteiger partial charge in [0.25, 0.3) is 5.91 Å². The second-order valence-corrected chi connectivity index (χ2v) is 7.33. The number of halogens is 8. The molecule has 0 heterocycles. The Morgan fingerprint density at radius 1 is 0.941 bits per heavy atom. The fourth-order valence-electron chi connectivity index (χ4n) is 3.18. The van der Waals surface area contributed by atoms with E-state index in [9.17, 15) is 44.7 Å². The molecule has 5 nitrogen and oxygen atoms in total. The van der Waals surface area contributed by atoms with Crippen LogP contribution in [0, 0.1) is 19.7 Å². The summed E-state index contributed by atoms with van der Waals surface area (Å²) in [7, 11) is 0. The molecule has 3 N–H and O–H groups in total. The summed E-state index contributed by atoms with van der Waals surface area (Å²) in [4.78, 5) is 23.1. The largest absolute Gasteiger partial charge is 0.481 e. The zero-order chi connectivity index (χ0) is 26.1. The standard InChI is InChI=1S/C21H18F8N2O3/c1-10-8-12(19(23,20(24,25)26)21(27,28)29)9-11(2)17(10)31-18(34)13-4-3-5-14(16(13)22)30-7-6-15(32)33/h3-5,8-9,30H,6-7H2,1-2H3,(H,31,34)(H,32,33). The van der Waals surface area contributed by atoms with Crippen LogP contribution in [0.5, 0.6) is 0 Å². The van der Waals surface area contributed by atoms with Gasteiger partial charge in [0.05, 0.1) is 17.7 Å². The number of carbonyl (C=O) groups is 2. The van der Waals surface area contributed by atoms with Crippen LogP contribution in [0.4, 0.5) is 46.5 Å². The summed E-state index contributed by atoms with van der Waals surface area (Å²) >= 11 is 0. The van der Waals surface area contributed by atoms with Crippen molar-refractivity contribution in [3.05, 3.63) is 58.4 Å². The number of aliphatic carboxylic acids is 1. The van der Waals surface area contributed by atoms with Gasteiger partial charge in [-0.3, -0.25) is 9.59 Å². The van der Waals surface area contributed by atoms with Crippen LogP contribution < -0.4 is 10.6 Å². The van der Waals surface area contributed by atoms with Crippen molar-refractivity contribution in [2.24, 2.45) is 0 Å². The molecule has 0 aliphatic heterocycles. The highest BCUT2D eigenvalue weighted by Gasteiger charge is 2.73. The first-order valence-corrected chi connectivity index (χ1v) is 9.50. The molecular weight excluding hydrogens is 480 g/mol. The number of amides is 1. The third-order valence-corrected chi connectivity index (χ3v) is 4.85. The molecule has 0 aromatic heterocycles. The first-order chi connectivity index (χ1) is 15.5. The highest BCUT2D eigenvalue weighted by molar-refractivity contribution is 6.05. The number of aryl methyl sites for hydroxylation is 2. The molecule has 0 aliphatic rings. The maximum Gasteiger partial charge on any atom is 0.435 e. The van der Waals surface area contributed by atoms with Gasteiger partial charge in [-0.05, 0) is 37.1 Å². The molecule has 2 aromatic rings. The van der Waals surface area contributed by atoms with Crippen LogP contribution in [-0.4, -0.2) is 35.9 Å². The zero-order valence-electron chi connectivity index (χ0n) is 17.6. The van der Waals surface area contributed by atoms with Crippen molar-refractivity contribution in [1.82, 2.24) is 0 Å². The number of carboxylic acid groups (broad SMARTS) is 1. The highest BCUT2D eigenvalue weighted by Crippen LogP contribution is 2.53. The molecular formula is C21H18F8N2O3. The molecule has 0 radical (unpaired) electrons. The van der Waals surface area contributed by atoms with Crippen LogP contribution >= 0.6 is 0 Å². The van der Waals surface area contributed by atoms with Crippen LogP contribution in [-0.2, 0) is 10.5 Å². The number of alkyl halides is 7. The van der Waals surface area contributed by atoms with E-state index >= 15 is 0 Å². The van der Waals surface area contributed by atoms with E-state index in [1.807, 2.05) is 0 Å². The predicted octanol–water partition coefficient (Wildman–Crippen LogP) is 5.87. The van der Waals surface area contributed by atoms with Gasteiger partial charge >= 0.3 is 24.0 Å². The highest BCUT2D eigenvalue weighted by atomic mass is 19.4. The van der Waals surface area contributed by atoms with Gasteiger partial charge in [0.15, 0.2) is 5.82 Å². The van der Waals surface area contributed by atoms with Crippen LogP contribution in [0.3, 0.4) is 0 Å². The molecule has 2 aromatic carbocycles. The van der Waals surface area contributed by atoms with Crippen molar-refractivity contribution < 1.29 is 49.8 Å². The Bertz CT molecular complexity index is 1060. The summed E-state index contributed by atoms with van der Waals surface area (Å²) in [5, 5.41) is 13.3. The normalized spacial score (nSPS) is 12.4. The molecule has 0 spiro atoms. The lowest BCUT2D eigenvalue weighted by Crippen LogP contribution is -2.50. The Kier molecular flexibility index (Phi) is 7.48. The Labute approximate surface area is 187 Å². The van der Waals surface area contributed by atoms with E-state index < -0.39 is 46.8 Å². The van der Waals surface area contributed by atoms with Crippen molar-refractivity contribution >= 4 is 23.3 Å². The lowest BCUT2D eigenvalue weighted by Gasteiger charge is -2.31. The summed E-state index contributed by atoms with van der Waals surface area (Å²) in [5.41, 5.74) is -8.96. The second-order valence-electron chi connectivity index (χ2n) is 7.33. The van der Waals surface area contributed by atoms with Gasteiger partial charge in [0.2, 0.25) is 0 Å². The lowest BCUT2D eigenvalue weighted by atomic mass is 9.90. The Morgan fingerprint density at radius 3 is 1.94 bits per heavy atom. The van der Waals surface area contributed by atoms with Gasteiger partial charge < -0.3 is 15.7 Å². The molecule has 2 rings (SSSR count). The zero-order valence-corrected chi connectivity index (χ0v) is 17.6. The molecule has 186 valence electrons. The first kappa shape index (κ1) is 26.9. The number of hydrogen-bond donors (Lipinski definition) is 3. The van der Waals surface area contributed by atoms with E-state index in [2.05, 4.69) is 10.6 Å². The number of hydrogen-bond acceptors (Lipinski definition) is 3. The topological polar surface area (TPSA) is 78.4 Å². The maximum atomic E-state index is 14.7. The van der Waals surface area contributed by atoms with Crippen LogP contribution in [0.2, 0.25) is 0 Å². The minimum absolute atomic E-state index is 0.152. The quantitative estimate of drug-likeness (QED) is 0.418. The molecule has 13 heteroatoms. The van der Waals surface area contributed by atoms with Crippen LogP contribution in [0.1, 0.15) is 33.5 Å². The molecule has 0 aliphatic carbocycles. The summed E-state index contributed by atoms with van der Waals surface area (Å²) in [5.74, 6) is -3.30. The summed E-state index contributed by atoms with van der Waals surface area (Å²) < 4.78 is 107. The minimum Gasteiger partial charge on any atom is -0.481 e. The summed E-state index contributed by atoms with van der Waals surface area (Å²) in [6.07, 6.45) is -12.9. The van der Waals surface area contributed by atoms with E-state index in [0.717, 1.165) is 19.9 Å². The van der Waals surface area contributed by atoms with Crippen molar-refractivity contribution in [3.8, 4) is 0 Å². The van der Waals surface area contributed by atoms with Gasteiger partial charge in [0.1, 0.15) is 0 Å². The Morgan fingerprint density at radius 2 is 1.47 bits per heavy atom. The number of benzene rings is 2. The van der Waals surface area contributed by atoms with Gasteiger partial charge in [0, 0.05) is 17.8 Å². The van der Waals surface area contributed by atoms with Crippen molar-refractivity contribution in [1.29, 1.82) is 0 Å².